The fraction of sp³-hybridized carbons (Fsp3) is 0.182. The average Bonchev–Trinajstić information content (AvgIpc) is 2.20. The Labute approximate surface area is 87.2 Å². The van der Waals surface area contributed by atoms with Crippen LogP contribution in [0.3, 0.4) is 0 Å². The van der Waals surface area contributed by atoms with Crippen molar-refractivity contribution in [2.75, 3.05) is 0 Å². The van der Waals surface area contributed by atoms with Gasteiger partial charge < -0.3 is 0 Å². The van der Waals surface area contributed by atoms with Gasteiger partial charge in [-0.05, 0) is 31.0 Å². The van der Waals surface area contributed by atoms with E-state index in [-0.39, 0.29) is 5.56 Å². The van der Waals surface area contributed by atoms with Crippen LogP contribution in [0.25, 0.3) is 5.82 Å². The van der Waals surface area contributed by atoms with Crippen LogP contribution in [-0.4, -0.2) is 14.8 Å². The van der Waals surface area contributed by atoms with Crippen LogP contribution in [0.1, 0.15) is 11.1 Å². The zero-order chi connectivity index (χ0) is 10.8. The van der Waals surface area contributed by atoms with Gasteiger partial charge in [-0.2, -0.15) is 9.78 Å². The first-order valence-electron chi connectivity index (χ1n) is 4.66. The summed E-state index contributed by atoms with van der Waals surface area (Å²) in [5, 5.41) is 4.02. The monoisotopic (exact) mass is 201 g/mol. The molecule has 0 bridgehead atoms. The van der Waals surface area contributed by atoms with Crippen molar-refractivity contribution in [1.29, 1.82) is 0 Å². The molecule has 0 saturated carbocycles. The predicted octanol–water partition coefficient (Wildman–Crippen LogP) is 1.24. The second kappa shape index (κ2) is 3.65. The van der Waals surface area contributed by atoms with Gasteiger partial charge in [0, 0.05) is 12.3 Å². The van der Waals surface area contributed by atoms with Gasteiger partial charge >= 0.3 is 0 Å². The second-order valence-corrected chi connectivity index (χ2v) is 3.48. The van der Waals surface area contributed by atoms with Crippen LogP contribution < -0.4 is 5.56 Å². The summed E-state index contributed by atoms with van der Waals surface area (Å²) in [7, 11) is 0. The Balaban J connectivity index is 2.55. The van der Waals surface area contributed by atoms with Crippen LogP contribution in [0.15, 0.2) is 35.4 Å². The first-order chi connectivity index (χ1) is 7.16. The molecule has 0 fully saturated rings. The van der Waals surface area contributed by atoms with Gasteiger partial charge in [0.2, 0.25) is 0 Å². The summed E-state index contributed by atoms with van der Waals surface area (Å²) in [6.45, 7) is 3.78. The van der Waals surface area contributed by atoms with Crippen molar-refractivity contribution < 1.29 is 0 Å². The highest BCUT2D eigenvalue weighted by molar-refractivity contribution is 5.24. The van der Waals surface area contributed by atoms with Crippen LogP contribution in [0, 0.1) is 13.8 Å². The molecule has 76 valence electrons. The van der Waals surface area contributed by atoms with E-state index < -0.39 is 0 Å². The average molecular weight is 201 g/mol. The molecule has 0 aliphatic carbocycles. The minimum atomic E-state index is -0.161. The maximum atomic E-state index is 11.6. The fourth-order valence-corrected chi connectivity index (χ4v) is 1.26. The van der Waals surface area contributed by atoms with Crippen molar-refractivity contribution in [1.82, 2.24) is 14.8 Å². The Morgan fingerprint density at radius 1 is 1.13 bits per heavy atom. The van der Waals surface area contributed by atoms with Crippen molar-refractivity contribution in [3.05, 3.63) is 52.1 Å². The topological polar surface area (TPSA) is 47.8 Å². The van der Waals surface area contributed by atoms with Gasteiger partial charge in [0.05, 0.1) is 6.20 Å². The lowest BCUT2D eigenvalue weighted by Crippen LogP contribution is -2.21. The molecule has 2 heterocycles. The Hall–Kier alpha value is -1.97. The highest BCUT2D eigenvalue weighted by Gasteiger charge is 2.01. The molecule has 0 amide bonds. The third-order valence-corrected chi connectivity index (χ3v) is 2.05. The van der Waals surface area contributed by atoms with Crippen LogP contribution >= 0.6 is 0 Å². The SMILES string of the molecule is Cc1ccc(-n2ncc(C)cc2=O)nc1. The quantitative estimate of drug-likeness (QED) is 0.697. The van der Waals surface area contributed by atoms with E-state index in [0.29, 0.717) is 5.82 Å². The van der Waals surface area contributed by atoms with Crippen molar-refractivity contribution in [2.45, 2.75) is 13.8 Å². The molecule has 0 unspecified atom stereocenters. The molecule has 0 radical (unpaired) electrons. The van der Waals surface area contributed by atoms with E-state index in [1.165, 1.54) is 10.7 Å². The van der Waals surface area contributed by atoms with Crippen molar-refractivity contribution in [2.24, 2.45) is 0 Å². The molecule has 2 rings (SSSR count). The van der Waals surface area contributed by atoms with E-state index in [9.17, 15) is 4.79 Å². The second-order valence-electron chi connectivity index (χ2n) is 3.48. The van der Waals surface area contributed by atoms with Crippen molar-refractivity contribution in [3.63, 3.8) is 0 Å². The lowest BCUT2D eigenvalue weighted by molar-refractivity contribution is 0.775. The number of pyridine rings is 1. The number of hydrogen-bond acceptors (Lipinski definition) is 3. The zero-order valence-electron chi connectivity index (χ0n) is 8.64. The fourth-order valence-electron chi connectivity index (χ4n) is 1.26. The van der Waals surface area contributed by atoms with E-state index in [1.807, 2.05) is 19.9 Å². The van der Waals surface area contributed by atoms with Gasteiger partial charge in [-0.15, -0.1) is 0 Å². The smallest absolute Gasteiger partial charge is 0.267 e. The van der Waals surface area contributed by atoms with E-state index in [1.54, 1.807) is 18.5 Å². The molecule has 4 nitrogen and oxygen atoms in total. The minimum Gasteiger partial charge on any atom is -0.267 e. The standard InChI is InChI=1S/C11H11N3O/c1-8-3-4-10(12-6-8)14-11(15)5-9(2)7-13-14/h3-7H,1-2H3. The number of aryl methyl sites for hydroxylation is 2. The summed E-state index contributed by atoms with van der Waals surface area (Å²) in [5.74, 6) is 0.547. The van der Waals surface area contributed by atoms with Crippen LogP contribution in [0.5, 0.6) is 0 Å². The molecule has 2 aromatic heterocycles. The van der Waals surface area contributed by atoms with Gasteiger partial charge in [-0.25, -0.2) is 4.98 Å². The van der Waals surface area contributed by atoms with Crippen LogP contribution in [0.4, 0.5) is 0 Å². The highest BCUT2D eigenvalue weighted by atomic mass is 16.1. The first-order valence-corrected chi connectivity index (χ1v) is 4.66. The zero-order valence-corrected chi connectivity index (χ0v) is 8.64. The largest absolute Gasteiger partial charge is 0.273 e. The van der Waals surface area contributed by atoms with Gasteiger partial charge in [0.25, 0.3) is 5.56 Å². The molecule has 0 aliphatic heterocycles. The lowest BCUT2D eigenvalue weighted by atomic mass is 10.3. The molecule has 0 saturated heterocycles. The third kappa shape index (κ3) is 1.93. The molecule has 0 aromatic carbocycles. The molecule has 2 aromatic rings. The van der Waals surface area contributed by atoms with E-state index in [4.69, 9.17) is 0 Å². The van der Waals surface area contributed by atoms with E-state index in [2.05, 4.69) is 10.1 Å². The molecule has 0 aliphatic rings. The summed E-state index contributed by atoms with van der Waals surface area (Å²) in [6, 6.07) is 5.21. The van der Waals surface area contributed by atoms with E-state index in [0.717, 1.165) is 11.1 Å². The molecule has 4 heteroatoms. The molecule has 0 atom stereocenters. The number of rotatable bonds is 1. The van der Waals surface area contributed by atoms with Gasteiger partial charge in [-0.3, -0.25) is 4.79 Å². The normalized spacial score (nSPS) is 10.3. The Morgan fingerprint density at radius 2 is 1.93 bits per heavy atom. The predicted molar refractivity (Wildman–Crippen MR) is 57.1 cm³/mol. The van der Waals surface area contributed by atoms with Crippen molar-refractivity contribution in [3.8, 4) is 5.82 Å². The molecule has 0 N–H and O–H groups in total. The summed E-state index contributed by atoms with van der Waals surface area (Å²) < 4.78 is 1.28. The van der Waals surface area contributed by atoms with Gasteiger partial charge in [0.1, 0.15) is 0 Å². The summed E-state index contributed by atoms with van der Waals surface area (Å²) in [4.78, 5) is 15.7. The first kappa shape index (κ1) is 9.58. The number of aromatic nitrogens is 3. The van der Waals surface area contributed by atoms with Gasteiger partial charge in [-0.1, -0.05) is 6.07 Å². The van der Waals surface area contributed by atoms with Crippen LogP contribution in [0.2, 0.25) is 0 Å². The molecule has 0 spiro atoms. The minimum absolute atomic E-state index is 0.161. The van der Waals surface area contributed by atoms with Crippen LogP contribution in [-0.2, 0) is 0 Å². The van der Waals surface area contributed by atoms with Gasteiger partial charge in [0.15, 0.2) is 5.82 Å². The maximum Gasteiger partial charge on any atom is 0.273 e. The molecular formula is C11H11N3O. The molecular weight excluding hydrogens is 190 g/mol. The van der Waals surface area contributed by atoms with Crippen molar-refractivity contribution >= 4 is 0 Å². The lowest BCUT2D eigenvalue weighted by Gasteiger charge is -2.02. The summed E-state index contributed by atoms with van der Waals surface area (Å²) >= 11 is 0. The number of hydrogen-bond donors (Lipinski definition) is 0. The Morgan fingerprint density at radius 3 is 2.53 bits per heavy atom. The highest BCUT2D eigenvalue weighted by Crippen LogP contribution is 2.01. The maximum absolute atomic E-state index is 11.6. The Kier molecular flexibility index (Phi) is 2.33. The Bertz CT molecular complexity index is 528. The molecule has 15 heavy (non-hydrogen) atoms. The third-order valence-electron chi connectivity index (χ3n) is 2.05. The summed E-state index contributed by atoms with van der Waals surface area (Å²) in [6.07, 6.45) is 3.35. The summed E-state index contributed by atoms with van der Waals surface area (Å²) in [5.41, 5.74) is 1.74. The van der Waals surface area contributed by atoms with E-state index >= 15 is 0 Å². The number of nitrogens with zero attached hydrogens (tertiary/aromatic N) is 3.